The van der Waals surface area contributed by atoms with Crippen LogP contribution in [-0.4, -0.2) is 61.0 Å². The number of nitrogens with two attached hydrogens (primary N) is 1. The summed E-state index contributed by atoms with van der Waals surface area (Å²) in [6.45, 7) is 13.7. The second-order valence-electron chi connectivity index (χ2n) is 11.8. The molecule has 5 N–H and O–H groups in total. The number of benzene rings is 1. The molecule has 0 aromatic heterocycles. The molecule has 1 rings (SSSR count). The highest BCUT2D eigenvalue weighted by Crippen LogP contribution is 2.31. The number of unbranched alkanes of at least 4 members (excludes halogenated alkanes) is 1. The van der Waals surface area contributed by atoms with Gasteiger partial charge in [-0.25, -0.2) is 4.79 Å². The van der Waals surface area contributed by atoms with Crippen LogP contribution in [0.1, 0.15) is 79.7 Å². The van der Waals surface area contributed by atoms with Gasteiger partial charge in [0.05, 0.1) is 19.3 Å². The Morgan fingerprint density at radius 1 is 1.07 bits per heavy atom. The van der Waals surface area contributed by atoms with E-state index in [9.17, 15) is 19.5 Å². The molecule has 0 aliphatic carbocycles. The number of primary amides is 1. The Balaban J connectivity index is 3.14. The number of carbonyl (C=O) groups is 3. The van der Waals surface area contributed by atoms with Gasteiger partial charge in [-0.3, -0.25) is 9.59 Å². The second kappa shape index (κ2) is 16.9. The molecule has 0 fully saturated rings. The van der Waals surface area contributed by atoms with Crippen molar-refractivity contribution in [3.05, 3.63) is 23.8 Å². The van der Waals surface area contributed by atoms with Crippen molar-refractivity contribution in [2.45, 2.75) is 98.3 Å². The van der Waals surface area contributed by atoms with E-state index >= 15 is 0 Å². The summed E-state index contributed by atoms with van der Waals surface area (Å²) >= 11 is 0. The number of hydrogen-bond acceptors (Lipinski definition) is 7. The molecule has 0 radical (unpaired) electrons. The van der Waals surface area contributed by atoms with E-state index in [-0.39, 0.29) is 30.8 Å². The summed E-state index contributed by atoms with van der Waals surface area (Å²) in [5.41, 5.74) is 5.47. The molecule has 10 heteroatoms. The minimum Gasteiger partial charge on any atom is -0.493 e. The molecule has 3 amide bonds. The van der Waals surface area contributed by atoms with Gasteiger partial charge in [-0.1, -0.05) is 40.2 Å². The van der Waals surface area contributed by atoms with Gasteiger partial charge in [-0.15, -0.1) is 0 Å². The molecule has 10 nitrogen and oxygen atoms in total. The number of rotatable bonds is 17. The van der Waals surface area contributed by atoms with E-state index in [4.69, 9.17) is 19.9 Å². The van der Waals surface area contributed by atoms with Crippen LogP contribution in [0.2, 0.25) is 0 Å². The quantitative estimate of drug-likeness (QED) is 0.209. The number of hydrogen-bond donors (Lipinski definition) is 4. The van der Waals surface area contributed by atoms with Gasteiger partial charge in [-0.2, -0.15) is 0 Å². The zero-order valence-corrected chi connectivity index (χ0v) is 25.5. The van der Waals surface area contributed by atoms with Gasteiger partial charge in [0, 0.05) is 12.5 Å². The lowest BCUT2D eigenvalue weighted by Crippen LogP contribution is -2.48. The summed E-state index contributed by atoms with van der Waals surface area (Å²) in [7, 11) is 1.52. The average molecular weight is 566 g/mol. The number of ether oxygens (including phenoxy) is 3. The van der Waals surface area contributed by atoms with Crippen molar-refractivity contribution in [1.82, 2.24) is 10.6 Å². The predicted octanol–water partition coefficient (Wildman–Crippen LogP) is 3.96. The van der Waals surface area contributed by atoms with Crippen LogP contribution >= 0.6 is 0 Å². The van der Waals surface area contributed by atoms with Gasteiger partial charge in [0.1, 0.15) is 5.60 Å². The summed E-state index contributed by atoms with van der Waals surface area (Å²) in [6, 6.07) is 4.86. The van der Waals surface area contributed by atoms with Crippen molar-refractivity contribution >= 4 is 17.9 Å². The van der Waals surface area contributed by atoms with Crippen LogP contribution in [0.25, 0.3) is 0 Å². The van der Waals surface area contributed by atoms with E-state index < -0.39 is 35.7 Å². The first-order chi connectivity index (χ1) is 18.7. The SMILES string of the molecule is CCCCNC(=O)[C@H](C)C[C@H](O)[C@H](C[C@H](Cc1ccc(OC)c(OCC(N)=O)c1)C(C)C)NC(=O)OC(C)(C)C. The van der Waals surface area contributed by atoms with E-state index in [0.29, 0.717) is 30.9 Å². The summed E-state index contributed by atoms with van der Waals surface area (Å²) in [5.74, 6) is -0.0113. The molecular formula is C30H51N3O7. The van der Waals surface area contributed by atoms with Crippen molar-refractivity contribution in [3.63, 3.8) is 0 Å². The van der Waals surface area contributed by atoms with Crippen molar-refractivity contribution in [3.8, 4) is 11.5 Å². The summed E-state index contributed by atoms with van der Waals surface area (Å²) in [6.07, 6.45) is 1.53. The minimum absolute atomic E-state index is 0.0423. The smallest absolute Gasteiger partial charge is 0.407 e. The Morgan fingerprint density at radius 2 is 1.75 bits per heavy atom. The van der Waals surface area contributed by atoms with E-state index in [2.05, 4.69) is 31.4 Å². The van der Waals surface area contributed by atoms with E-state index in [1.165, 1.54) is 7.11 Å². The Kier molecular flexibility index (Phi) is 14.8. The Hall–Kier alpha value is -3.01. The van der Waals surface area contributed by atoms with Crippen LogP contribution < -0.4 is 25.8 Å². The van der Waals surface area contributed by atoms with Crippen molar-refractivity contribution in [1.29, 1.82) is 0 Å². The molecule has 40 heavy (non-hydrogen) atoms. The van der Waals surface area contributed by atoms with Crippen LogP contribution in [0, 0.1) is 17.8 Å². The maximum Gasteiger partial charge on any atom is 0.407 e. The van der Waals surface area contributed by atoms with Crippen LogP contribution in [-0.2, 0) is 20.7 Å². The maximum absolute atomic E-state index is 12.7. The van der Waals surface area contributed by atoms with Crippen molar-refractivity contribution < 1.29 is 33.7 Å². The lowest BCUT2D eigenvalue weighted by atomic mass is 9.82. The Bertz CT molecular complexity index is 946. The molecule has 228 valence electrons. The van der Waals surface area contributed by atoms with Gasteiger partial charge in [0.2, 0.25) is 5.91 Å². The fourth-order valence-electron chi connectivity index (χ4n) is 4.30. The fourth-order valence-corrected chi connectivity index (χ4v) is 4.30. The molecule has 4 atom stereocenters. The number of methoxy groups -OCH3 is 1. The monoisotopic (exact) mass is 565 g/mol. The third kappa shape index (κ3) is 13.4. The molecule has 0 bridgehead atoms. The van der Waals surface area contributed by atoms with Crippen LogP contribution in [0.4, 0.5) is 4.79 Å². The van der Waals surface area contributed by atoms with Gasteiger partial charge in [-0.05, 0) is 76.0 Å². The number of aliphatic hydroxyl groups excluding tert-OH is 1. The van der Waals surface area contributed by atoms with E-state index in [1.54, 1.807) is 33.8 Å². The van der Waals surface area contributed by atoms with Gasteiger partial charge < -0.3 is 35.7 Å². The standard InChI is InChI=1S/C30H51N3O7/c1-9-10-13-32-28(36)20(4)14-24(34)23(33-29(37)40-30(5,6)7)17-22(19(2)3)15-21-11-12-25(38-8)26(16-21)39-18-27(31)35/h11-12,16,19-20,22-24,34H,9-10,13-15,17-18H2,1-8H3,(H2,31,35)(H,32,36)(H,33,37)/t20-,22+,23+,24+/m1/s1. The fraction of sp³-hybridized carbons (Fsp3) is 0.700. The summed E-state index contributed by atoms with van der Waals surface area (Å²) in [5, 5.41) is 17.0. The number of aliphatic hydroxyl groups is 1. The summed E-state index contributed by atoms with van der Waals surface area (Å²) < 4.78 is 16.4. The predicted molar refractivity (Wildman–Crippen MR) is 155 cm³/mol. The summed E-state index contributed by atoms with van der Waals surface area (Å²) in [4.78, 5) is 36.5. The number of amides is 3. The van der Waals surface area contributed by atoms with Crippen molar-refractivity contribution in [2.24, 2.45) is 23.5 Å². The molecule has 1 aromatic rings. The normalized spacial score (nSPS) is 14.6. The third-order valence-electron chi connectivity index (χ3n) is 6.63. The third-order valence-corrected chi connectivity index (χ3v) is 6.63. The van der Waals surface area contributed by atoms with Gasteiger partial charge in [0.25, 0.3) is 5.91 Å². The van der Waals surface area contributed by atoms with Crippen LogP contribution in [0.15, 0.2) is 18.2 Å². The first-order valence-corrected chi connectivity index (χ1v) is 14.2. The van der Waals surface area contributed by atoms with Crippen LogP contribution in [0.5, 0.6) is 11.5 Å². The second-order valence-corrected chi connectivity index (χ2v) is 11.8. The van der Waals surface area contributed by atoms with Gasteiger partial charge in [0.15, 0.2) is 18.1 Å². The van der Waals surface area contributed by atoms with Crippen LogP contribution in [0.3, 0.4) is 0 Å². The lowest BCUT2D eigenvalue weighted by molar-refractivity contribution is -0.125. The number of carbonyl (C=O) groups excluding carboxylic acids is 3. The molecule has 0 heterocycles. The number of nitrogens with one attached hydrogen (secondary N) is 2. The Morgan fingerprint density at radius 3 is 2.30 bits per heavy atom. The molecule has 0 aliphatic rings. The van der Waals surface area contributed by atoms with E-state index in [1.807, 2.05) is 12.1 Å². The zero-order valence-electron chi connectivity index (χ0n) is 25.5. The highest BCUT2D eigenvalue weighted by molar-refractivity contribution is 5.78. The lowest BCUT2D eigenvalue weighted by Gasteiger charge is -2.32. The molecule has 0 aliphatic heterocycles. The maximum atomic E-state index is 12.7. The molecule has 0 saturated heterocycles. The minimum atomic E-state index is -0.967. The first kappa shape index (κ1) is 35.0. The molecule has 1 aromatic carbocycles. The molecular weight excluding hydrogens is 514 g/mol. The zero-order chi connectivity index (χ0) is 30.5. The number of alkyl carbamates (subject to hydrolysis) is 1. The molecule has 0 unspecified atom stereocenters. The molecule has 0 spiro atoms. The van der Waals surface area contributed by atoms with Crippen molar-refractivity contribution in [2.75, 3.05) is 20.3 Å². The Labute approximate surface area is 239 Å². The highest BCUT2D eigenvalue weighted by atomic mass is 16.6. The highest BCUT2D eigenvalue weighted by Gasteiger charge is 2.31. The first-order valence-electron chi connectivity index (χ1n) is 14.2. The topological polar surface area (TPSA) is 149 Å². The van der Waals surface area contributed by atoms with E-state index in [0.717, 1.165) is 18.4 Å². The largest absolute Gasteiger partial charge is 0.493 e. The van der Waals surface area contributed by atoms with Gasteiger partial charge >= 0.3 is 6.09 Å². The average Bonchev–Trinajstić information content (AvgIpc) is 2.85. The molecule has 0 saturated carbocycles.